The van der Waals surface area contributed by atoms with Crippen LogP contribution < -0.4 is 10.6 Å². The number of carbonyl (C=O) groups is 1. The van der Waals surface area contributed by atoms with Crippen molar-refractivity contribution in [3.63, 3.8) is 0 Å². The van der Waals surface area contributed by atoms with E-state index in [1.165, 1.54) is 32.1 Å². The van der Waals surface area contributed by atoms with Crippen LogP contribution in [0.15, 0.2) is 0 Å². The predicted octanol–water partition coefficient (Wildman–Crippen LogP) is 2.32. The molecule has 1 saturated carbocycles. The van der Waals surface area contributed by atoms with Crippen molar-refractivity contribution in [1.29, 1.82) is 0 Å². The van der Waals surface area contributed by atoms with Crippen molar-refractivity contribution in [2.45, 2.75) is 51.9 Å². The maximum atomic E-state index is 11.9. The monoisotopic (exact) mass is 252 g/mol. The van der Waals surface area contributed by atoms with Gasteiger partial charge >= 0.3 is 0 Å². The fourth-order valence-electron chi connectivity index (χ4n) is 3.24. The van der Waals surface area contributed by atoms with E-state index in [1.807, 2.05) is 0 Å². The topological polar surface area (TPSA) is 41.1 Å². The molecule has 0 radical (unpaired) electrons. The zero-order chi connectivity index (χ0) is 12.8. The second-order valence-corrected chi connectivity index (χ2v) is 6.25. The first-order chi connectivity index (χ1) is 8.75. The Kier molecular flexibility index (Phi) is 5.48. The van der Waals surface area contributed by atoms with E-state index in [1.54, 1.807) is 0 Å². The molecule has 1 aliphatic carbocycles. The quantitative estimate of drug-likeness (QED) is 0.806. The minimum atomic E-state index is 0.213. The molecule has 2 rings (SSSR count). The Labute approximate surface area is 111 Å². The van der Waals surface area contributed by atoms with E-state index in [2.05, 4.69) is 17.6 Å². The van der Waals surface area contributed by atoms with Gasteiger partial charge in [0.05, 0.1) is 5.92 Å². The Hall–Kier alpha value is -0.570. The highest BCUT2D eigenvalue weighted by atomic mass is 16.1. The lowest BCUT2D eigenvalue weighted by atomic mass is 9.81. The molecule has 104 valence electrons. The lowest BCUT2D eigenvalue weighted by molar-refractivity contribution is -0.125. The number of nitrogens with one attached hydrogen (secondary N) is 2. The third kappa shape index (κ3) is 4.27. The number of amides is 1. The molecule has 0 aromatic rings. The third-order valence-corrected chi connectivity index (χ3v) is 4.65. The van der Waals surface area contributed by atoms with E-state index < -0.39 is 0 Å². The summed E-state index contributed by atoms with van der Waals surface area (Å²) < 4.78 is 0. The second kappa shape index (κ2) is 7.13. The minimum Gasteiger partial charge on any atom is -0.356 e. The summed E-state index contributed by atoms with van der Waals surface area (Å²) in [5, 5.41) is 6.43. The number of piperidine rings is 1. The van der Waals surface area contributed by atoms with E-state index in [-0.39, 0.29) is 11.8 Å². The first-order valence-corrected chi connectivity index (χ1v) is 7.74. The Morgan fingerprint density at radius 1 is 1.22 bits per heavy atom. The zero-order valence-corrected chi connectivity index (χ0v) is 11.7. The molecule has 0 bridgehead atoms. The normalized spacial score (nSPS) is 33.1. The molecule has 2 N–H and O–H groups in total. The van der Waals surface area contributed by atoms with Gasteiger partial charge in [-0.25, -0.2) is 0 Å². The summed E-state index contributed by atoms with van der Waals surface area (Å²) in [5.41, 5.74) is 0. The highest BCUT2D eigenvalue weighted by Gasteiger charge is 2.21. The third-order valence-electron chi connectivity index (χ3n) is 4.65. The van der Waals surface area contributed by atoms with Crippen LogP contribution in [0, 0.1) is 17.8 Å². The Morgan fingerprint density at radius 3 is 2.67 bits per heavy atom. The van der Waals surface area contributed by atoms with Gasteiger partial charge in [-0.3, -0.25) is 4.79 Å². The van der Waals surface area contributed by atoms with Crippen molar-refractivity contribution in [2.24, 2.45) is 17.8 Å². The fourth-order valence-corrected chi connectivity index (χ4v) is 3.24. The summed E-state index contributed by atoms with van der Waals surface area (Å²) in [6.07, 6.45) is 8.86. The van der Waals surface area contributed by atoms with Crippen LogP contribution in [0.2, 0.25) is 0 Å². The Morgan fingerprint density at radius 2 is 2.00 bits per heavy atom. The molecule has 3 nitrogen and oxygen atoms in total. The molecular formula is C15H28N2O. The molecule has 1 amide bonds. The van der Waals surface area contributed by atoms with Gasteiger partial charge in [-0.1, -0.05) is 32.6 Å². The summed E-state index contributed by atoms with van der Waals surface area (Å²) in [4.78, 5) is 11.9. The number of rotatable bonds is 4. The zero-order valence-electron chi connectivity index (χ0n) is 11.7. The van der Waals surface area contributed by atoms with Gasteiger partial charge in [0.1, 0.15) is 0 Å². The summed E-state index contributed by atoms with van der Waals surface area (Å²) >= 11 is 0. The van der Waals surface area contributed by atoms with Crippen molar-refractivity contribution >= 4 is 5.91 Å². The van der Waals surface area contributed by atoms with Gasteiger partial charge in [0, 0.05) is 13.1 Å². The van der Waals surface area contributed by atoms with E-state index in [0.29, 0.717) is 0 Å². The minimum absolute atomic E-state index is 0.213. The number of carbonyl (C=O) groups excluding carboxylic acids is 1. The molecule has 2 fully saturated rings. The number of hydrogen-bond donors (Lipinski definition) is 2. The molecule has 18 heavy (non-hydrogen) atoms. The molecule has 1 saturated heterocycles. The fraction of sp³-hybridized carbons (Fsp3) is 0.933. The predicted molar refractivity (Wildman–Crippen MR) is 74.3 cm³/mol. The van der Waals surface area contributed by atoms with Gasteiger partial charge in [-0.15, -0.1) is 0 Å². The van der Waals surface area contributed by atoms with Crippen LogP contribution in [0.1, 0.15) is 51.9 Å². The summed E-state index contributed by atoms with van der Waals surface area (Å²) in [6.45, 7) is 5.18. The van der Waals surface area contributed by atoms with E-state index in [0.717, 1.165) is 44.3 Å². The van der Waals surface area contributed by atoms with Crippen molar-refractivity contribution in [3.05, 3.63) is 0 Å². The second-order valence-electron chi connectivity index (χ2n) is 6.25. The molecule has 1 aliphatic heterocycles. The van der Waals surface area contributed by atoms with E-state index in [4.69, 9.17) is 0 Å². The lowest BCUT2D eigenvalue weighted by Crippen LogP contribution is -2.41. The lowest BCUT2D eigenvalue weighted by Gasteiger charge is -2.26. The molecule has 0 spiro atoms. The van der Waals surface area contributed by atoms with E-state index in [9.17, 15) is 4.79 Å². The maximum absolute atomic E-state index is 11.9. The van der Waals surface area contributed by atoms with Crippen molar-refractivity contribution in [1.82, 2.24) is 10.6 Å². The molecular weight excluding hydrogens is 224 g/mol. The standard InChI is InChI=1S/C15H28N2O/c1-12-4-6-13(7-5-12)8-10-17-15(18)14-3-2-9-16-11-14/h12-14,16H,2-11H2,1H3,(H,17,18)/t12?,13?,14-/m1/s1. The summed E-state index contributed by atoms with van der Waals surface area (Å²) in [7, 11) is 0. The van der Waals surface area contributed by atoms with Crippen molar-refractivity contribution in [2.75, 3.05) is 19.6 Å². The first-order valence-electron chi connectivity index (χ1n) is 7.74. The Bertz CT molecular complexity index is 253. The average molecular weight is 252 g/mol. The molecule has 0 unspecified atom stereocenters. The first kappa shape index (κ1) is 13.9. The molecule has 1 heterocycles. The SMILES string of the molecule is CC1CCC(CCNC(=O)[C@@H]2CCCNC2)CC1. The van der Waals surface area contributed by atoms with Crippen LogP contribution >= 0.6 is 0 Å². The average Bonchev–Trinajstić information content (AvgIpc) is 2.42. The van der Waals surface area contributed by atoms with Crippen LogP contribution in [0.25, 0.3) is 0 Å². The van der Waals surface area contributed by atoms with Gasteiger partial charge in [0.2, 0.25) is 5.91 Å². The van der Waals surface area contributed by atoms with E-state index >= 15 is 0 Å². The van der Waals surface area contributed by atoms with Gasteiger partial charge in [-0.05, 0) is 37.6 Å². The molecule has 3 heteroatoms. The number of hydrogen-bond acceptors (Lipinski definition) is 2. The largest absolute Gasteiger partial charge is 0.356 e. The molecule has 1 atom stereocenters. The van der Waals surface area contributed by atoms with Crippen LogP contribution in [0.4, 0.5) is 0 Å². The molecule has 2 aliphatic rings. The Balaban J connectivity index is 1.58. The summed E-state index contributed by atoms with van der Waals surface area (Å²) in [6, 6.07) is 0. The molecule has 0 aromatic heterocycles. The van der Waals surface area contributed by atoms with Crippen LogP contribution in [-0.2, 0) is 4.79 Å². The smallest absolute Gasteiger partial charge is 0.224 e. The highest BCUT2D eigenvalue weighted by Crippen LogP contribution is 2.29. The van der Waals surface area contributed by atoms with Crippen LogP contribution in [0.5, 0.6) is 0 Å². The van der Waals surface area contributed by atoms with Crippen LogP contribution in [0.3, 0.4) is 0 Å². The highest BCUT2D eigenvalue weighted by molar-refractivity contribution is 5.78. The van der Waals surface area contributed by atoms with Crippen LogP contribution in [-0.4, -0.2) is 25.5 Å². The van der Waals surface area contributed by atoms with Gasteiger partial charge in [-0.2, -0.15) is 0 Å². The van der Waals surface area contributed by atoms with Crippen molar-refractivity contribution < 1.29 is 4.79 Å². The molecule has 0 aromatic carbocycles. The van der Waals surface area contributed by atoms with Gasteiger partial charge < -0.3 is 10.6 Å². The van der Waals surface area contributed by atoms with Crippen molar-refractivity contribution in [3.8, 4) is 0 Å². The maximum Gasteiger partial charge on any atom is 0.224 e. The summed E-state index contributed by atoms with van der Waals surface area (Å²) in [5.74, 6) is 2.26. The van der Waals surface area contributed by atoms with Gasteiger partial charge in [0.25, 0.3) is 0 Å². The van der Waals surface area contributed by atoms with Gasteiger partial charge in [0.15, 0.2) is 0 Å².